The van der Waals surface area contributed by atoms with Gasteiger partial charge in [0, 0.05) is 25.2 Å². The number of hydrogen-bond donors (Lipinski definition) is 1. The summed E-state index contributed by atoms with van der Waals surface area (Å²) in [5.41, 5.74) is 0.849. The molecule has 0 spiro atoms. The van der Waals surface area contributed by atoms with Gasteiger partial charge in [-0.25, -0.2) is 8.42 Å². The molecule has 2 aliphatic rings. The normalized spacial score (nSPS) is 29.4. The van der Waals surface area contributed by atoms with Crippen molar-refractivity contribution in [1.29, 1.82) is 0 Å². The lowest BCUT2D eigenvalue weighted by atomic mass is 9.65. The van der Waals surface area contributed by atoms with Crippen molar-refractivity contribution in [2.45, 2.75) is 57.9 Å². The minimum absolute atomic E-state index is 0.0651. The second-order valence-corrected chi connectivity index (χ2v) is 10.4. The first-order valence-electron chi connectivity index (χ1n) is 8.40. The molecule has 5 nitrogen and oxygen atoms in total. The lowest BCUT2D eigenvalue weighted by Crippen LogP contribution is -2.37. The number of nitrogens with one attached hydrogen (secondary N) is 1. The number of amides is 1. The predicted octanol–water partition coefficient (Wildman–Crippen LogP) is 3.23. The summed E-state index contributed by atoms with van der Waals surface area (Å²) in [6, 6.07) is 6.52. The molecule has 1 heterocycles. The minimum atomic E-state index is -3.51. The molecular formula is C18H26N2O3S. The van der Waals surface area contributed by atoms with Crippen molar-refractivity contribution in [2.75, 3.05) is 11.9 Å². The number of nitrogens with zero attached hydrogens (tertiary/aromatic N) is 1. The van der Waals surface area contributed by atoms with Crippen LogP contribution in [0.3, 0.4) is 0 Å². The van der Waals surface area contributed by atoms with Crippen LogP contribution in [0.2, 0.25) is 0 Å². The van der Waals surface area contributed by atoms with Gasteiger partial charge in [-0.15, -0.1) is 0 Å². The van der Waals surface area contributed by atoms with Gasteiger partial charge in [-0.2, -0.15) is 4.31 Å². The standard InChI is InChI=1S/C18H26N2O3S/c1-13(21)19-14-5-7-16(8-6-14)24(22,23)20-12-18(4)10-15(20)9-17(2,3)11-18/h5-8,15H,9-12H2,1-4H3,(H,19,21)/t15-,18-/m0/s1. The van der Waals surface area contributed by atoms with Gasteiger partial charge in [-0.05, 0) is 54.4 Å². The van der Waals surface area contributed by atoms with Crippen LogP contribution in [-0.2, 0) is 14.8 Å². The Hall–Kier alpha value is -1.40. The third-order valence-corrected chi connectivity index (χ3v) is 7.06. The van der Waals surface area contributed by atoms with Gasteiger partial charge in [0.1, 0.15) is 0 Å². The maximum absolute atomic E-state index is 13.1. The Morgan fingerprint density at radius 3 is 2.38 bits per heavy atom. The smallest absolute Gasteiger partial charge is 0.243 e. The molecule has 1 aromatic carbocycles. The third-order valence-electron chi connectivity index (χ3n) is 5.15. The van der Waals surface area contributed by atoms with Crippen molar-refractivity contribution >= 4 is 21.6 Å². The summed E-state index contributed by atoms with van der Waals surface area (Å²) in [5.74, 6) is -0.172. The summed E-state index contributed by atoms with van der Waals surface area (Å²) >= 11 is 0. The molecule has 1 aliphatic carbocycles. The SMILES string of the molecule is CC(=O)Nc1ccc(S(=O)(=O)N2C[C@@]3(C)C[C@@H]2CC(C)(C)C3)cc1. The molecule has 132 valence electrons. The maximum atomic E-state index is 13.1. The van der Waals surface area contributed by atoms with E-state index in [1.807, 2.05) is 0 Å². The summed E-state index contributed by atoms with van der Waals surface area (Å²) in [7, 11) is -3.51. The molecule has 2 atom stereocenters. The van der Waals surface area contributed by atoms with Crippen LogP contribution in [0.15, 0.2) is 29.2 Å². The first-order valence-corrected chi connectivity index (χ1v) is 9.84. The molecule has 6 heteroatoms. The van der Waals surface area contributed by atoms with E-state index < -0.39 is 10.0 Å². The maximum Gasteiger partial charge on any atom is 0.243 e. The zero-order chi connectivity index (χ0) is 17.8. The van der Waals surface area contributed by atoms with E-state index in [0.717, 1.165) is 19.3 Å². The molecular weight excluding hydrogens is 324 g/mol. The molecule has 1 aromatic rings. The minimum Gasteiger partial charge on any atom is -0.326 e. The lowest BCUT2D eigenvalue weighted by Gasteiger charge is -2.39. The molecule has 1 saturated carbocycles. The number of fused-ring (bicyclic) bond motifs is 2. The van der Waals surface area contributed by atoms with Crippen LogP contribution in [0.5, 0.6) is 0 Å². The van der Waals surface area contributed by atoms with Gasteiger partial charge in [0.05, 0.1) is 4.90 Å². The van der Waals surface area contributed by atoms with Crippen LogP contribution in [0.1, 0.15) is 47.0 Å². The van der Waals surface area contributed by atoms with Gasteiger partial charge in [-0.3, -0.25) is 4.79 Å². The van der Waals surface area contributed by atoms with Gasteiger partial charge >= 0.3 is 0 Å². The highest BCUT2D eigenvalue weighted by molar-refractivity contribution is 7.89. The molecule has 1 amide bonds. The number of anilines is 1. The van der Waals surface area contributed by atoms with Gasteiger partial charge in [0.15, 0.2) is 0 Å². The number of rotatable bonds is 3. The van der Waals surface area contributed by atoms with Crippen LogP contribution >= 0.6 is 0 Å². The topological polar surface area (TPSA) is 66.5 Å². The van der Waals surface area contributed by atoms with Crippen LogP contribution < -0.4 is 5.32 Å². The van der Waals surface area contributed by atoms with Crippen molar-refractivity contribution in [3.05, 3.63) is 24.3 Å². The second-order valence-electron chi connectivity index (χ2n) is 8.47. The number of carbonyl (C=O) groups is 1. The molecule has 1 aliphatic heterocycles. The highest BCUT2D eigenvalue weighted by atomic mass is 32.2. The molecule has 0 unspecified atom stereocenters. The van der Waals surface area contributed by atoms with Crippen molar-refractivity contribution < 1.29 is 13.2 Å². The first-order chi connectivity index (χ1) is 11.0. The fourth-order valence-electron chi connectivity index (χ4n) is 4.74. The van der Waals surface area contributed by atoms with Gasteiger partial charge < -0.3 is 5.32 Å². The number of hydrogen-bond acceptors (Lipinski definition) is 3. The molecule has 0 aromatic heterocycles. The number of sulfonamides is 1. The summed E-state index contributed by atoms with van der Waals surface area (Å²) < 4.78 is 27.9. The third kappa shape index (κ3) is 3.22. The Bertz CT molecular complexity index is 755. The summed E-state index contributed by atoms with van der Waals surface area (Å²) in [6.45, 7) is 8.69. The molecule has 24 heavy (non-hydrogen) atoms. The fraction of sp³-hybridized carbons (Fsp3) is 0.611. The van der Waals surface area contributed by atoms with E-state index in [0.29, 0.717) is 17.1 Å². The highest BCUT2D eigenvalue weighted by Crippen LogP contribution is 2.53. The van der Waals surface area contributed by atoms with Gasteiger partial charge in [-0.1, -0.05) is 20.8 Å². The van der Waals surface area contributed by atoms with E-state index in [2.05, 4.69) is 26.1 Å². The lowest BCUT2D eigenvalue weighted by molar-refractivity contribution is -0.114. The Labute approximate surface area is 144 Å². The molecule has 1 N–H and O–H groups in total. The monoisotopic (exact) mass is 350 g/mol. The van der Waals surface area contributed by atoms with E-state index in [-0.39, 0.29) is 22.8 Å². The Morgan fingerprint density at radius 1 is 1.17 bits per heavy atom. The second kappa shape index (κ2) is 5.56. The van der Waals surface area contributed by atoms with Gasteiger partial charge in [0.25, 0.3) is 0 Å². The van der Waals surface area contributed by atoms with Crippen LogP contribution in [-0.4, -0.2) is 31.2 Å². The van der Waals surface area contributed by atoms with E-state index in [1.165, 1.54) is 6.92 Å². The van der Waals surface area contributed by atoms with Crippen LogP contribution in [0, 0.1) is 10.8 Å². The number of carbonyl (C=O) groups excluding carboxylic acids is 1. The van der Waals surface area contributed by atoms with Crippen molar-refractivity contribution in [3.8, 4) is 0 Å². The summed E-state index contributed by atoms with van der Waals surface area (Å²) in [6.07, 6.45) is 2.91. The summed E-state index contributed by atoms with van der Waals surface area (Å²) in [5, 5.41) is 2.66. The van der Waals surface area contributed by atoms with E-state index in [4.69, 9.17) is 0 Å². The highest BCUT2D eigenvalue weighted by Gasteiger charge is 2.53. The van der Waals surface area contributed by atoms with Crippen molar-refractivity contribution in [1.82, 2.24) is 4.31 Å². The van der Waals surface area contributed by atoms with Crippen LogP contribution in [0.25, 0.3) is 0 Å². The van der Waals surface area contributed by atoms with Crippen LogP contribution in [0.4, 0.5) is 5.69 Å². The first kappa shape index (κ1) is 17.4. The molecule has 2 bridgehead atoms. The average Bonchev–Trinajstić information content (AvgIpc) is 2.68. The summed E-state index contributed by atoms with van der Waals surface area (Å²) in [4.78, 5) is 11.4. The predicted molar refractivity (Wildman–Crippen MR) is 94.2 cm³/mol. The van der Waals surface area contributed by atoms with E-state index in [9.17, 15) is 13.2 Å². The van der Waals surface area contributed by atoms with Gasteiger partial charge in [0.2, 0.25) is 15.9 Å². The zero-order valence-corrected chi connectivity index (χ0v) is 15.6. The Kier molecular flexibility index (Phi) is 4.04. The quantitative estimate of drug-likeness (QED) is 0.910. The molecule has 3 rings (SSSR count). The van der Waals surface area contributed by atoms with Crippen molar-refractivity contribution in [2.24, 2.45) is 10.8 Å². The largest absolute Gasteiger partial charge is 0.326 e. The molecule has 1 saturated heterocycles. The molecule has 0 radical (unpaired) electrons. The average molecular weight is 350 g/mol. The zero-order valence-electron chi connectivity index (χ0n) is 14.8. The van der Waals surface area contributed by atoms with E-state index in [1.54, 1.807) is 28.6 Å². The van der Waals surface area contributed by atoms with Crippen molar-refractivity contribution in [3.63, 3.8) is 0 Å². The Morgan fingerprint density at radius 2 is 1.79 bits per heavy atom. The Balaban J connectivity index is 1.87. The fourth-order valence-corrected chi connectivity index (χ4v) is 6.51. The molecule has 2 fully saturated rings. The van der Waals surface area contributed by atoms with E-state index >= 15 is 0 Å². The number of benzene rings is 1.